The van der Waals surface area contributed by atoms with Crippen LogP contribution < -0.4 is 11.1 Å². The lowest BCUT2D eigenvalue weighted by atomic mass is 10.2. The lowest BCUT2D eigenvalue weighted by molar-refractivity contribution is 0.145. The Morgan fingerprint density at radius 1 is 1.47 bits per heavy atom. The predicted molar refractivity (Wildman–Crippen MR) is 67.7 cm³/mol. The van der Waals surface area contributed by atoms with Gasteiger partial charge in [0.1, 0.15) is 18.1 Å². The fourth-order valence-corrected chi connectivity index (χ4v) is 2.09. The van der Waals surface area contributed by atoms with Gasteiger partial charge in [-0.1, -0.05) is 12.8 Å². The predicted octanol–water partition coefficient (Wildman–Crippen LogP) is 1.76. The van der Waals surface area contributed by atoms with Crippen LogP contribution in [0, 0.1) is 0 Å². The number of nitrogens with one attached hydrogen (secondary N) is 1. The highest BCUT2D eigenvalue weighted by molar-refractivity contribution is 5.78. The molecule has 0 bridgehead atoms. The molecule has 0 aliphatic heterocycles. The summed E-state index contributed by atoms with van der Waals surface area (Å²) in [4.78, 5) is 11.7. The molecule has 19 heavy (non-hydrogen) atoms. The van der Waals surface area contributed by atoms with Crippen molar-refractivity contribution in [2.45, 2.75) is 44.7 Å². The molecule has 1 saturated carbocycles. The maximum Gasteiger partial charge on any atom is 0.280 e. The lowest BCUT2D eigenvalue weighted by Crippen LogP contribution is -2.38. The van der Waals surface area contributed by atoms with Crippen LogP contribution in [0.2, 0.25) is 0 Å². The van der Waals surface area contributed by atoms with Crippen LogP contribution >= 0.6 is 0 Å². The van der Waals surface area contributed by atoms with Gasteiger partial charge in [-0.15, -0.1) is 0 Å². The Kier molecular flexibility index (Phi) is 4.59. The molecular formula is C12H17F2N5. The average Bonchev–Trinajstić information content (AvgIpc) is 2.89. The van der Waals surface area contributed by atoms with Gasteiger partial charge in [-0.05, 0) is 18.9 Å². The minimum atomic E-state index is -2.60. The summed E-state index contributed by atoms with van der Waals surface area (Å²) in [5.41, 5.74) is 5.45. The van der Waals surface area contributed by atoms with Crippen molar-refractivity contribution in [2.24, 2.45) is 10.7 Å². The third kappa shape index (κ3) is 4.11. The maximum atomic E-state index is 12.5. The summed E-state index contributed by atoms with van der Waals surface area (Å²) in [5, 5.41) is 3.11. The van der Waals surface area contributed by atoms with E-state index in [2.05, 4.69) is 20.3 Å². The molecule has 1 heterocycles. The molecular weight excluding hydrogens is 252 g/mol. The highest BCUT2D eigenvalue weighted by atomic mass is 19.3. The minimum absolute atomic E-state index is 0.103. The number of nitrogens with two attached hydrogens (primary N) is 1. The van der Waals surface area contributed by atoms with Crippen LogP contribution in [0.5, 0.6) is 0 Å². The highest BCUT2D eigenvalue weighted by Gasteiger charge is 2.15. The second-order valence-electron chi connectivity index (χ2n) is 4.53. The molecule has 0 amide bonds. The Morgan fingerprint density at radius 3 is 2.89 bits per heavy atom. The quantitative estimate of drug-likeness (QED) is 0.645. The van der Waals surface area contributed by atoms with Gasteiger partial charge in [0.25, 0.3) is 6.43 Å². The number of nitrogens with zero attached hydrogens (tertiary/aromatic N) is 3. The van der Waals surface area contributed by atoms with Crippen LogP contribution in [0.15, 0.2) is 17.3 Å². The van der Waals surface area contributed by atoms with Gasteiger partial charge in [-0.2, -0.15) is 0 Å². The van der Waals surface area contributed by atoms with Crippen molar-refractivity contribution in [3.8, 4) is 0 Å². The molecule has 0 unspecified atom stereocenters. The second kappa shape index (κ2) is 6.40. The van der Waals surface area contributed by atoms with Crippen LogP contribution in [0.1, 0.15) is 43.6 Å². The molecule has 0 radical (unpaired) electrons. The Labute approximate surface area is 110 Å². The minimum Gasteiger partial charge on any atom is -0.370 e. The Balaban J connectivity index is 1.91. The van der Waals surface area contributed by atoms with Gasteiger partial charge in [-0.3, -0.25) is 0 Å². The first-order valence-electron chi connectivity index (χ1n) is 6.31. The number of aromatic nitrogens is 2. The first-order valence-corrected chi connectivity index (χ1v) is 6.31. The Hall–Kier alpha value is -1.79. The van der Waals surface area contributed by atoms with E-state index in [0.717, 1.165) is 12.8 Å². The molecule has 0 aromatic carbocycles. The fraction of sp³-hybridized carbons (Fsp3) is 0.583. The average molecular weight is 269 g/mol. The first kappa shape index (κ1) is 13.6. The first-order chi connectivity index (χ1) is 9.15. The van der Waals surface area contributed by atoms with Gasteiger partial charge in [0.2, 0.25) is 0 Å². The number of halogens is 2. The van der Waals surface area contributed by atoms with Crippen molar-refractivity contribution >= 4 is 5.96 Å². The largest absolute Gasteiger partial charge is 0.370 e. The van der Waals surface area contributed by atoms with Gasteiger partial charge in [-0.25, -0.2) is 23.7 Å². The maximum absolute atomic E-state index is 12.5. The topological polar surface area (TPSA) is 76.2 Å². The molecule has 1 fully saturated rings. The summed E-state index contributed by atoms with van der Waals surface area (Å²) in [6, 6.07) is 1.56. The number of guanidine groups is 1. The standard InChI is InChI=1S/C12H17F2N5/c13-11(14)9-5-6-16-10(19-9)7-17-12(15)18-8-3-1-2-4-8/h5-6,8,11H,1-4,7H2,(H3,15,17,18). The van der Waals surface area contributed by atoms with E-state index in [1.807, 2.05) is 0 Å². The van der Waals surface area contributed by atoms with Gasteiger partial charge in [0.15, 0.2) is 5.96 Å². The second-order valence-corrected chi connectivity index (χ2v) is 4.53. The van der Waals surface area contributed by atoms with Crippen molar-refractivity contribution in [1.82, 2.24) is 15.3 Å². The summed E-state index contributed by atoms with van der Waals surface area (Å²) in [6.07, 6.45) is 3.29. The number of hydrogen-bond acceptors (Lipinski definition) is 3. The molecule has 1 aliphatic carbocycles. The third-order valence-corrected chi connectivity index (χ3v) is 3.05. The monoisotopic (exact) mass is 269 g/mol. The van der Waals surface area contributed by atoms with Crippen molar-refractivity contribution < 1.29 is 8.78 Å². The zero-order chi connectivity index (χ0) is 13.7. The van der Waals surface area contributed by atoms with Crippen LogP contribution in [0.3, 0.4) is 0 Å². The number of rotatable bonds is 4. The Bertz CT molecular complexity index is 444. The van der Waals surface area contributed by atoms with Crippen LogP contribution in [-0.2, 0) is 6.54 Å². The molecule has 1 aromatic rings. The molecule has 3 N–H and O–H groups in total. The molecule has 1 aliphatic rings. The summed E-state index contributed by atoms with van der Waals surface area (Å²) in [6.45, 7) is 0.103. The van der Waals surface area contributed by atoms with Crippen molar-refractivity contribution in [3.05, 3.63) is 23.8 Å². The van der Waals surface area contributed by atoms with E-state index in [0.29, 0.717) is 12.0 Å². The molecule has 0 saturated heterocycles. The van der Waals surface area contributed by atoms with E-state index in [4.69, 9.17) is 5.73 Å². The fourth-order valence-electron chi connectivity index (χ4n) is 2.09. The normalized spacial score (nSPS) is 17.1. The van der Waals surface area contributed by atoms with Crippen LogP contribution in [-0.4, -0.2) is 22.0 Å². The van der Waals surface area contributed by atoms with Crippen molar-refractivity contribution in [1.29, 1.82) is 0 Å². The Morgan fingerprint density at radius 2 is 2.21 bits per heavy atom. The summed E-state index contributed by atoms with van der Waals surface area (Å²) < 4.78 is 24.9. The lowest BCUT2D eigenvalue weighted by Gasteiger charge is -2.11. The SMILES string of the molecule is NC(=NCc1nccc(C(F)F)n1)NC1CCCC1. The van der Waals surface area contributed by atoms with E-state index < -0.39 is 6.43 Å². The highest BCUT2D eigenvalue weighted by Crippen LogP contribution is 2.17. The molecule has 2 rings (SSSR count). The van der Waals surface area contributed by atoms with E-state index in [-0.39, 0.29) is 18.1 Å². The van der Waals surface area contributed by atoms with Gasteiger partial charge in [0, 0.05) is 12.2 Å². The van der Waals surface area contributed by atoms with Crippen LogP contribution in [0.25, 0.3) is 0 Å². The number of alkyl halides is 2. The van der Waals surface area contributed by atoms with Crippen LogP contribution in [0.4, 0.5) is 8.78 Å². The zero-order valence-corrected chi connectivity index (χ0v) is 10.5. The summed E-state index contributed by atoms with van der Waals surface area (Å²) >= 11 is 0. The molecule has 7 heteroatoms. The zero-order valence-electron chi connectivity index (χ0n) is 10.5. The molecule has 0 spiro atoms. The molecule has 0 atom stereocenters. The van der Waals surface area contributed by atoms with Gasteiger partial charge in [0.05, 0.1) is 0 Å². The van der Waals surface area contributed by atoms with E-state index in [1.165, 1.54) is 25.1 Å². The number of aliphatic imine (C=N–C) groups is 1. The van der Waals surface area contributed by atoms with E-state index in [9.17, 15) is 8.78 Å². The van der Waals surface area contributed by atoms with Gasteiger partial charge < -0.3 is 11.1 Å². The van der Waals surface area contributed by atoms with Crippen molar-refractivity contribution in [3.63, 3.8) is 0 Å². The smallest absolute Gasteiger partial charge is 0.280 e. The molecule has 1 aromatic heterocycles. The molecule has 5 nitrogen and oxygen atoms in total. The van der Waals surface area contributed by atoms with E-state index in [1.54, 1.807) is 0 Å². The number of hydrogen-bond donors (Lipinski definition) is 2. The van der Waals surface area contributed by atoms with E-state index >= 15 is 0 Å². The summed E-state index contributed by atoms with van der Waals surface area (Å²) in [7, 11) is 0. The van der Waals surface area contributed by atoms with Gasteiger partial charge >= 0.3 is 0 Å². The summed E-state index contributed by atoms with van der Waals surface area (Å²) in [5.74, 6) is 0.562. The van der Waals surface area contributed by atoms with Crippen molar-refractivity contribution in [2.75, 3.05) is 0 Å². The third-order valence-electron chi connectivity index (χ3n) is 3.05. The molecule has 104 valence electrons.